The van der Waals surface area contributed by atoms with Gasteiger partial charge in [0.25, 0.3) is 0 Å². The average Bonchev–Trinajstić information content (AvgIpc) is 2.77. The van der Waals surface area contributed by atoms with Crippen molar-refractivity contribution in [3.8, 4) is 0 Å². The number of benzene rings is 1. The third-order valence-corrected chi connectivity index (χ3v) is 5.16. The summed E-state index contributed by atoms with van der Waals surface area (Å²) in [5.74, 6) is -0.735. The lowest BCUT2D eigenvalue weighted by Crippen LogP contribution is -2.36. The highest BCUT2D eigenvalue weighted by molar-refractivity contribution is 6.31. The monoisotopic (exact) mass is 440 g/mol. The number of ketones is 2. The number of amides is 4. The highest BCUT2D eigenvalue weighted by Gasteiger charge is 2.34. The van der Waals surface area contributed by atoms with Crippen LogP contribution in [0.2, 0.25) is 0 Å². The second-order valence-corrected chi connectivity index (χ2v) is 7.26. The molecule has 0 saturated carbocycles. The van der Waals surface area contributed by atoms with Crippen molar-refractivity contribution in [2.45, 2.75) is 0 Å². The minimum atomic E-state index is -0.576. The number of nitrogens with two attached hydrogens (primary N) is 2. The van der Waals surface area contributed by atoms with Gasteiger partial charge in [0.2, 0.25) is 0 Å². The fraction of sp³-hybridized carbons (Fsp3) is 0.300. The first-order chi connectivity index (χ1) is 15.2. The molecule has 12 nitrogen and oxygen atoms in total. The van der Waals surface area contributed by atoms with Gasteiger partial charge < -0.3 is 31.9 Å². The third-order valence-electron chi connectivity index (χ3n) is 5.16. The lowest BCUT2D eigenvalue weighted by atomic mass is 9.83. The van der Waals surface area contributed by atoms with Crippen molar-refractivity contribution < 1.29 is 19.2 Å². The van der Waals surface area contributed by atoms with Gasteiger partial charge in [0, 0.05) is 51.6 Å². The van der Waals surface area contributed by atoms with Gasteiger partial charge in [-0.1, -0.05) is 0 Å². The van der Waals surface area contributed by atoms with Crippen LogP contribution in [0.1, 0.15) is 31.8 Å². The number of rotatable bonds is 8. The minimum Gasteiger partial charge on any atom is -0.383 e. The summed E-state index contributed by atoms with van der Waals surface area (Å²) in [5.41, 5.74) is 12.1. The maximum absolute atomic E-state index is 13.3. The zero-order valence-corrected chi connectivity index (χ0v) is 17.7. The van der Waals surface area contributed by atoms with Gasteiger partial charge >= 0.3 is 12.1 Å². The third kappa shape index (κ3) is 4.43. The Hall–Kier alpha value is -4.22. The second kappa shape index (κ2) is 9.29. The van der Waals surface area contributed by atoms with Gasteiger partial charge in [0.05, 0.1) is 34.6 Å². The number of aromatic nitrogens is 2. The van der Waals surface area contributed by atoms with Crippen molar-refractivity contribution in [2.24, 2.45) is 11.5 Å². The second-order valence-electron chi connectivity index (χ2n) is 7.26. The molecule has 0 saturated heterocycles. The molecule has 3 rings (SSSR count). The molecule has 4 amide bonds. The van der Waals surface area contributed by atoms with E-state index in [9.17, 15) is 19.2 Å². The Morgan fingerprint density at radius 3 is 1.53 bits per heavy atom. The van der Waals surface area contributed by atoms with Crippen LogP contribution >= 0.6 is 0 Å². The van der Waals surface area contributed by atoms with E-state index in [2.05, 4.69) is 20.8 Å². The smallest absolute Gasteiger partial charge is 0.314 e. The number of likely N-dealkylation sites (N-methyl/N-ethyl adjacent to an activating group) is 2. The summed E-state index contributed by atoms with van der Waals surface area (Å²) in [7, 11) is 3.11. The van der Waals surface area contributed by atoms with Crippen LogP contribution in [-0.2, 0) is 0 Å². The van der Waals surface area contributed by atoms with Crippen LogP contribution in [0.3, 0.4) is 0 Å². The molecule has 0 radical (unpaired) electrons. The molecule has 1 aromatic heterocycles. The molecule has 1 heterocycles. The molecule has 32 heavy (non-hydrogen) atoms. The number of hydrogen-bond donors (Lipinski definition) is 4. The number of urea groups is 2. The van der Waals surface area contributed by atoms with Crippen LogP contribution in [-0.4, -0.2) is 83.9 Å². The average molecular weight is 440 g/mol. The number of carbonyl (C=O) groups excluding carboxylic acids is 4. The fourth-order valence-corrected chi connectivity index (χ4v) is 3.26. The number of fused-ring (bicyclic) bond motifs is 2. The minimum absolute atomic E-state index is 0.167. The predicted molar refractivity (Wildman–Crippen MR) is 117 cm³/mol. The van der Waals surface area contributed by atoms with Gasteiger partial charge in [-0.15, -0.1) is 0 Å². The molecule has 0 spiro atoms. The Kier molecular flexibility index (Phi) is 6.52. The molecule has 0 fully saturated rings. The van der Waals surface area contributed by atoms with Crippen molar-refractivity contribution in [3.63, 3.8) is 0 Å². The molecule has 0 aliphatic heterocycles. The number of nitrogens with zero attached hydrogens (tertiary/aromatic N) is 4. The number of anilines is 2. The van der Waals surface area contributed by atoms with Crippen molar-refractivity contribution in [1.29, 1.82) is 0 Å². The first kappa shape index (κ1) is 22.5. The quantitative estimate of drug-likeness (QED) is 0.381. The first-order valence-corrected chi connectivity index (χ1v) is 9.78. The highest BCUT2D eigenvalue weighted by atomic mass is 16.2. The molecule has 0 unspecified atom stereocenters. The van der Waals surface area contributed by atoms with Crippen molar-refractivity contribution in [2.75, 3.05) is 50.9 Å². The van der Waals surface area contributed by atoms with Gasteiger partial charge in [-0.25, -0.2) is 9.59 Å². The molecule has 168 valence electrons. The van der Waals surface area contributed by atoms with Crippen LogP contribution in [0, 0.1) is 0 Å². The maximum Gasteiger partial charge on any atom is 0.314 e. The molecular weight excluding hydrogens is 416 g/mol. The predicted octanol–water partition coefficient (Wildman–Crippen LogP) is 0.0968. The SMILES string of the molecule is CN(CCNc1ccc(NCCN(C)C(N)=O)c2c1C(=O)c1cnncc1C2=O)C(N)=O. The van der Waals surface area contributed by atoms with Crippen molar-refractivity contribution in [3.05, 3.63) is 46.8 Å². The summed E-state index contributed by atoms with van der Waals surface area (Å²) in [6.45, 7) is 1.22. The number of hydrogen-bond acceptors (Lipinski definition) is 8. The Morgan fingerprint density at radius 2 is 1.19 bits per heavy atom. The number of nitrogens with one attached hydrogen (secondary N) is 2. The zero-order valence-electron chi connectivity index (χ0n) is 17.7. The van der Waals surface area contributed by atoms with E-state index in [-0.39, 0.29) is 33.8 Å². The maximum atomic E-state index is 13.3. The standard InChI is InChI=1S/C20H24N8O4/c1-27(19(21)31)7-5-23-13-3-4-14(24-6-8-28(2)20(22)32)16-15(13)17(29)11-9-25-26-10-12(11)18(16)30/h3-4,9-10,23-24H,5-8H2,1-2H3,(H2,21,31)(H2,22,32). The molecular formula is C20H24N8O4. The number of primary amides is 2. The summed E-state index contributed by atoms with van der Waals surface area (Å²) in [6.07, 6.45) is 2.54. The van der Waals surface area contributed by atoms with Gasteiger partial charge in [-0.3, -0.25) is 9.59 Å². The van der Waals surface area contributed by atoms with Crippen molar-refractivity contribution in [1.82, 2.24) is 20.0 Å². The van der Waals surface area contributed by atoms with Crippen LogP contribution < -0.4 is 22.1 Å². The summed E-state index contributed by atoms with van der Waals surface area (Å²) >= 11 is 0. The van der Waals surface area contributed by atoms with E-state index in [1.807, 2.05) is 0 Å². The zero-order chi connectivity index (χ0) is 23.4. The first-order valence-electron chi connectivity index (χ1n) is 9.78. The summed E-state index contributed by atoms with van der Waals surface area (Å²) in [5, 5.41) is 13.7. The van der Waals surface area contributed by atoms with Crippen LogP contribution in [0.4, 0.5) is 21.0 Å². The van der Waals surface area contributed by atoms with Gasteiger partial charge in [-0.05, 0) is 12.1 Å². The molecule has 0 bridgehead atoms. The fourth-order valence-electron chi connectivity index (χ4n) is 3.26. The number of carbonyl (C=O) groups is 4. The van der Waals surface area contributed by atoms with E-state index in [1.54, 1.807) is 26.2 Å². The molecule has 12 heteroatoms. The summed E-state index contributed by atoms with van der Waals surface area (Å²) in [6, 6.07) is 2.20. The van der Waals surface area contributed by atoms with Crippen LogP contribution in [0.25, 0.3) is 0 Å². The van der Waals surface area contributed by atoms with Crippen LogP contribution in [0.5, 0.6) is 0 Å². The molecule has 1 aliphatic carbocycles. The van der Waals surface area contributed by atoms with Crippen molar-refractivity contribution >= 4 is 35.0 Å². The van der Waals surface area contributed by atoms with Gasteiger partial charge in [-0.2, -0.15) is 10.2 Å². The van der Waals surface area contributed by atoms with E-state index < -0.39 is 12.1 Å². The molecule has 0 atom stereocenters. The van der Waals surface area contributed by atoms with Gasteiger partial charge in [0.15, 0.2) is 11.6 Å². The largest absolute Gasteiger partial charge is 0.383 e. The topological polar surface area (TPSA) is 177 Å². The van der Waals surface area contributed by atoms with E-state index in [1.165, 1.54) is 22.2 Å². The summed E-state index contributed by atoms with van der Waals surface area (Å²) in [4.78, 5) is 51.6. The normalized spacial score (nSPS) is 11.9. The summed E-state index contributed by atoms with van der Waals surface area (Å²) < 4.78 is 0. The Labute approximate surface area is 183 Å². The van der Waals surface area contributed by atoms with E-state index in [4.69, 9.17) is 11.5 Å². The van der Waals surface area contributed by atoms with E-state index in [0.717, 1.165) is 0 Å². The van der Waals surface area contributed by atoms with Gasteiger partial charge in [0.1, 0.15) is 0 Å². The van der Waals surface area contributed by atoms with E-state index >= 15 is 0 Å². The Balaban J connectivity index is 1.94. The lowest BCUT2D eigenvalue weighted by molar-refractivity contribution is 0.0979. The van der Waals surface area contributed by atoms with Crippen LogP contribution in [0.15, 0.2) is 24.5 Å². The molecule has 2 aromatic rings. The highest BCUT2D eigenvalue weighted by Crippen LogP contribution is 2.36. The molecule has 6 N–H and O–H groups in total. The Bertz CT molecular complexity index is 1000. The molecule has 1 aliphatic rings. The lowest BCUT2D eigenvalue weighted by Gasteiger charge is -2.24. The Morgan fingerprint density at radius 1 is 0.812 bits per heavy atom. The van der Waals surface area contributed by atoms with E-state index in [0.29, 0.717) is 37.6 Å². The molecule has 1 aromatic carbocycles.